The van der Waals surface area contributed by atoms with Crippen LogP contribution < -0.4 is 9.47 Å². The van der Waals surface area contributed by atoms with Crippen LogP contribution in [-0.2, 0) is 16.4 Å². The van der Waals surface area contributed by atoms with E-state index >= 15 is 0 Å². The number of ether oxygens (including phenoxy) is 2. The Hall–Kier alpha value is -0.980. The van der Waals surface area contributed by atoms with Crippen molar-refractivity contribution in [2.24, 2.45) is 0 Å². The molecule has 1 rings (SSSR count). The molecule has 0 atom stereocenters. The molecule has 1 aromatic rings. The third-order valence-electron chi connectivity index (χ3n) is 2.80. The summed E-state index contributed by atoms with van der Waals surface area (Å²) in [5.74, 6) is 0.556. The van der Waals surface area contributed by atoms with E-state index in [-0.39, 0.29) is 29.7 Å². The van der Waals surface area contributed by atoms with Gasteiger partial charge >= 0.3 is 0 Å². The van der Waals surface area contributed by atoms with E-state index in [9.17, 15) is 8.42 Å². The minimum absolute atomic E-state index is 0.00490. The van der Waals surface area contributed by atoms with Crippen molar-refractivity contribution in [1.82, 2.24) is 0 Å². The van der Waals surface area contributed by atoms with Gasteiger partial charge in [-0.3, -0.25) is 0 Å². The summed E-state index contributed by atoms with van der Waals surface area (Å²) in [5, 5.41) is 8.91. The van der Waals surface area contributed by atoms with Gasteiger partial charge in [0.2, 0.25) is 0 Å². The Balaban J connectivity index is 2.83. The number of aliphatic hydroxyl groups excluding tert-OH is 1. The highest BCUT2D eigenvalue weighted by atomic mass is 35.5. The Bertz CT molecular complexity index is 554. The Morgan fingerprint density at radius 3 is 2.50 bits per heavy atom. The lowest BCUT2D eigenvalue weighted by Gasteiger charge is -2.14. The van der Waals surface area contributed by atoms with Gasteiger partial charge in [-0.25, -0.2) is 8.42 Å². The topological polar surface area (TPSA) is 72.8 Å². The minimum atomic E-state index is -3.16. The molecule has 0 saturated heterocycles. The molecule has 20 heavy (non-hydrogen) atoms. The Morgan fingerprint density at radius 1 is 1.35 bits per heavy atom. The first-order valence-electron chi connectivity index (χ1n) is 6.13. The average Bonchev–Trinajstić information content (AvgIpc) is 2.39. The molecular formula is C13H19ClO5S. The van der Waals surface area contributed by atoms with Gasteiger partial charge in [0.25, 0.3) is 0 Å². The number of aliphatic hydroxyl groups is 1. The highest BCUT2D eigenvalue weighted by molar-refractivity contribution is 7.91. The van der Waals surface area contributed by atoms with Gasteiger partial charge < -0.3 is 14.6 Å². The van der Waals surface area contributed by atoms with Crippen LogP contribution in [0.1, 0.15) is 19.4 Å². The molecule has 0 fully saturated rings. The fraction of sp³-hybridized carbons (Fsp3) is 0.538. The van der Waals surface area contributed by atoms with Crippen LogP contribution in [0.15, 0.2) is 12.1 Å². The third kappa shape index (κ3) is 4.26. The number of sulfone groups is 1. The first-order chi connectivity index (χ1) is 9.31. The van der Waals surface area contributed by atoms with Gasteiger partial charge in [0.15, 0.2) is 21.3 Å². The van der Waals surface area contributed by atoms with E-state index in [1.807, 2.05) is 0 Å². The van der Waals surface area contributed by atoms with Crippen LogP contribution in [0.3, 0.4) is 0 Å². The highest BCUT2D eigenvalue weighted by Crippen LogP contribution is 2.36. The third-order valence-corrected chi connectivity index (χ3v) is 5.26. The molecule has 114 valence electrons. The van der Waals surface area contributed by atoms with E-state index in [0.717, 1.165) is 0 Å². The van der Waals surface area contributed by atoms with Crippen molar-refractivity contribution < 1.29 is 23.0 Å². The summed E-state index contributed by atoms with van der Waals surface area (Å²) in [5.41, 5.74) is 0.592. The van der Waals surface area contributed by atoms with Crippen LogP contribution in [0.5, 0.6) is 11.5 Å². The summed E-state index contributed by atoms with van der Waals surface area (Å²) in [6.07, 6.45) is 0. The first-order valence-corrected chi connectivity index (χ1v) is 8.22. The molecule has 0 saturated carbocycles. The van der Waals surface area contributed by atoms with E-state index in [2.05, 4.69) is 0 Å². The van der Waals surface area contributed by atoms with E-state index in [4.69, 9.17) is 26.2 Å². The van der Waals surface area contributed by atoms with Crippen LogP contribution in [0.4, 0.5) is 0 Å². The van der Waals surface area contributed by atoms with Crippen molar-refractivity contribution in [3.05, 3.63) is 22.7 Å². The van der Waals surface area contributed by atoms with Crippen molar-refractivity contribution in [1.29, 1.82) is 0 Å². The molecule has 5 nitrogen and oxygen atoms in total. The Morgan fingerprint density at radius 2 is 2.00 bits per heavy atom. The van der Waals surface area contributed by atoms with Crippen molar-refractivity contribution in [2.75, 3.05) is 19.5 Å². The normalized spacial score (nSPS) is 11.7. The minimum Gasteiger partial charge on any atom is -0.493 e. The molecule has 0 aliphatic heterocycles. The summed E-state index contributed by atoms with van der Waals surface area (Å²) in [7, 11) is -1.71. The molecule has 0 amide bonds. The lowest BCUT2D eigenvalue weighted by atomic mass is 10.2. The molecule has 0 bridgehead atoms. The summed E-state index contributed by atoms with van der Waals surface area (Å²) in [6, 6.07) is 3.15. The highest BCUT2D eigenvalue weighted by Gasteiger charge is 2.17. The Kier molecular flexibility index (Phi) is 6.10. The van der Waals surface area contributed by atoms with Crippen LogP contribution in [-0.4, -0.2) is 38.2 Å². The van der Waals surface area contributed by atoms with Gasteiger partial charge in [0.1, 0.15) is 6.61 Å². The molecule has 7 heteroatoms. The summed E-state index contributed by atoms with van der Waals surface area (Å²) >= 11 is 6.04. The van der Waals surface area contributed by atoms with Gasteiger partial charge in [-0.2, -0.15) is 0 Å². The van der Waals surface area contributed by atoms with Crippen molar-refractivity contribution >= 4 is 21.4 Å². The molecule has 1 N–H and O–H groups in total. The molecule has 0 unspecified atom stereocenters. The van der Waals surface area contributed by atoms with Crippen LogP contribution in [0, 0.1) is 0 Å². The number of benzene rings is 1. The standard InChI is InChI=1S/C13H19ClO5S/c1-9(2)20(16,17)5-4-19-13-11(14)6-10(8-15)7-12(13)18-3/h6-7,9,15H,4-5,8H2,1-3H3. The number of hydrogen-bond donors (Lipinski definition) is 1. The second-order valence-electron chi connectivity index (χ2n) is 4.53. The maximum atomic E-state index is 11.7. The summed E-state index contributed by atoms with van der Waals surface area (Å²) in [6.45, 7) is 3.07. The second kappa shape index (κ2) is 7.15. The quantitative estimate of drug-likeness (QED) is 0.831. The fourth-order valence-electron chi connectivity index (χ4n) is 1.50. The molecule has 0 spiro atoms. The van der Waals surface area contributed by atoms with E-state index in [1.54, 1.807) is 26.0 Å². The lowest BCUT2D eigenvalue weighted by molar-refractivity contribution is 0.279. The zero-order valence-electron chi connectivity index (χ0n) is 11.7. The van der Waals surface area contributed by atoms with Gasteiger partial charge in [0.05, 0.1) is 29.7 Å². The zero-order chi connectivity index (χ0) is 15.3. The molecule has 1 aromatic carbocycles. The van der Waals surface area contributed by atoms with E-state index in [0.29, 0.717) is 11.3 Å². The molecular weight excluding hydrogens is 304 g/mol. The van der Waals surface area contributed by atoms with E-state index in [1.165, 1.54) is 7.11 Å². The molecule has 0 heterocycles. The molecule has 0 aliphatic carbocycles. The van der Waals surface area contributed by atoms with Gasteiger partial charge in [0, 0.05) is 0 Å². The van der Waals surface area contributed by atoms with Crippen molar-refractivity contribution in [3.63, 3.8) is 0 Å². The summed E-state index contributed by atoms with van der Waals surface area (Å²) < 4.78 is 33.9. The van der Waals surface area contributed by atoms with Gasteiger partial charge in [-0.15, -0.1) is 0 Å². The van der Waals surface area contributed by atoms with Crippen molar-refractivity contribution in [2.45, 2.75) is 25.7 Å². The summed E-state index contributed by atoms with van der Waals surface area (Å²) in [4.78, 5) is 0. The predicted octanol–water partition coefficient (Wildman–Crippen LogP) is 2.04. The van der Waals surface area contributed by atoms with Gasteiger partial charge in [-0.05, 0) is 31.5 Å². The SMILES string of the molecule is COc1cc(CO)cc(Cl)c1OCCS(=O)(=O)C(C)C. The number of rotatable bonds is 7. The molecule has 0 radical (unpaired) electrons. The first kappa shape index (κ1) is 17.1. The molecule has 0 aromatic heterocycles. The average molecular weight is 323 g/mol. The largest absolute Gasteiger partial charge is 0.493 e. The monoisotopic (exact) mass is 322 g/mol. The number of halogens is 1. The maximum Gasteiger partial charge on any atom is 0.179 e. The predicted molar refractivity (Wildman–Crippen MR) is 78.3 cm³/mol. The van der Waals surface area contributed by atoms with Crippen LogP contribution in [0.2, 0.25) is 5.02 Å². The van der Waals surface area contributed by atoms with E-state index < -0.39 is 15.1 Å². The smallest absolute Gasteiger partial charge is 0.179 e. The number of methoxy groups -OCH3 is 1. The zero-order valence-corrected chi connectivity index (χ0v) is 13.3. The molecule has 0 aliphatic rings. The van der Waals surface area contributed by atoms with Gasteiger partial charge in [-0.1, -0.05) is 11.6 Å². The second-order valence-corrected chi connectivity index (χ2v) is 7.62. The number of hydrogen-bond acceptors (Lipinski definition) is 5. The van der Waals surface area contributed by atoms with Crippen molar-refractivity contribution in [3.8, 4) is 11.5 Å². The fourth-order valence-corrected chi connectivity index (χ4v) is 2.58. The van der Waals surface area contributed by atoms with Crippen LogP contribution >= 0.6 is 11.6 Å². The Labute approximate surface area is 124 Å². The maximum absolute atomic E-state index is 11.7. The lowest BCUT2D eigenvalue weighted by Crippen LogP contribution is -2.22. The van der Waals surface area contributed by atoms with Crippen LogP contribution in [0.25, 0.3) is 0 Å².